The van der Waals surface area contributed by atoms with E-state index in [-0.39, 0.29) is 31.3 Å². The van der Waals surface area contributed by atoms with Crippen LogP contribution in [0.1, 0.15) is 45.4 Å². The predicted molar refractivity (Wildman–Crippen MR) is 111 cm³/mol. The van der Waals surface area contributed by atoms with E-state index in [1.807, 2.05) is 36.4 Å². The molecule has 168 valence electrons. The lowest BCUT2D eigenvalue weighted by Crippen LogP contribution is -2.37. The monoisotopic (exact) mass is 445 g/mol. The molecule has 9 heteroatoms. The largest absolute Gasteiger partial charge is 0.461 e. The molecule has 1 aromatic heterocycles. The summed E-state index contributed by atoms with van der Waals surface area (Å²) in [7, 11) is 0. The van der Waals surface area contributed by atoms with Crippen LogP contribution in [0.4, 0.5) is 13.2 Å². The van der Waals surface area contributed by atoms with Gasteiger partial charge >= 0.3 is 12.1 Å². The van der Waals surface area contributed by atoms with E-state index in [1.165, 1.54) is 4.68 Å². The summed E-state index contributed by atoms with van der Waals surface area (Å²) in [6, 6.07) is 13.0. The van der Waals surface area contributed by atoms with E-state index in [4.69, 9.17) is 4.74 Å². The molecule has 2 heterocycles. The quantitative estimate of drug-likeness (QED) is 0.548. The summed E-state index contributed by atoms with van der Waals surface area (Å²) in [4.78, 5) is 27.4. The summed E-state index contributed by atoms with van der Waals surface area (Å²) in [5.74, 6) is -0.903. The zero-order valence-corrected chi connectivity index (χ0v) is 17.5. The maximum absolute atomic E-state index is 13.3. The number of nitrogens with zero attached hydrogens (tertiary/aromatic N) is 3. The number of amides is 1. The van der Waals surface area contributed by atoms with Crippen LogP contribution in [0.3, 0.4) is 0 Å². The first-order valence-corrected chi connectivity index (χ1v) is 10.4. The predicted octanol–water partition coefficient (Wildman–Crippen LogP) is 4.36. The van der Waals surface area contributed by atoms with Crippen molar-refractivity contribution in [2.75, 3.05) is 13.2 Å². The SMILES string of the molecule is CCOC(=O)c1nn(CCC(F)(F)F)c2c1CN(C(=O)c1cccc3ccccc13)CC2. The van der Waals surface area contributed by atoms with Gasteiger partial charge in [-0.3, -0.25) is 9.48 Å². The van der Waals surface area contributed by atoms with Gasteiger partial charge in [-0.05, 0) is 23.8 Å². The highest BCUT2D eigenvalue weighted by Gasteiger charge is 2.33. The van der Waals surface area contributed by atoms with Crippen LogP contribution in [0.25, 0.3) is 10.8 Å². The molecule has 0 unspecified atom stereocenters. The first-order chi connectivity index (χ1) is 15.3. The Morgan fingerprint density at radius 2 is 1.88 bits per heavy atom. The minimum atomic E-state index is -4.34. The van der Waals surface area contributed by atoms with Crippen LogP contribution in [-0.4, -0.2) is 45.9 Å². The Labute approximate surface area is 182 Å². The number of halogens is 3. The number of fused-ring (bicyclic) bond motifs is 2. The lowest BCUT2D eigenvalue weighted by Gasteiger charge is -2.28. The lowest BCUT2D eigenvalue weighted by molar-refractivity contribution is -0.137. The lowest BCUT2D eigenvalue weighted by atomic mass is 10.0. The van der Waals surface area contributed by atoms with Crippen molar-refractivity contribution < 1.29 is 27.5 Å². The topological polar surface area (TPSA) is 64.4 Å². The Balaban J connectivity index is 1.66. The minimum absolute atomic E-state index is 0.0283. The van der Waals surface area contributed by atoms with Crippen molar-refractivity contribution in [1.29, 1.82) is 0 Å². The number of aromatic nitrogens is 2. The van der Waals surface area contributed by atoms with Crippen molar-refractivity contribution in [3.8, 4) is 0 Å². The molecule has 1 aliphatic rings. The smallest absolute Gasteiger partial charge is 0.390 e. The van der Waals surface area contributed by atoms with Gasteiger partial charge in [0.05, 0.1) is 19.6 Å². The van der Waals surface area contributed by atoms with Gasteiger partial charge in [0, 0.05) is 36.3 Å². The molecule has 0 aliphatic carbocycles. The molecule has 0 spiro atoms. The average Bonchev–Trinajstić information content (AvgIpc) is 3.14. The second-order valence-electron chi connectivity index (χ2n) is 7.59. The number of rotatable bonds is 5. The van der Waals surface area contributed by atoms with Crippen LogP contribution in [-0.2, 0) is 24.2 Å². The maximum atomic E-state index is 13.3. The summed E-state index contributed by atoms with van der Waals surface area (Å²) in [5.41, 5.74) is 1.50. The third-order valence-electron chi connectivity index (χ3n) is 5.52. The molecular formula is C23H22F3N3O3. The van der Waals surface area contributed by atoms with Crippen LogP contribution in [0, 0.1) is 0 Å². The highest BCUT2D eigenvalue weighted by Crippen LogP contribution is 2.28. The van der Waals surface area contributed by atoms with Gasteiger partial charge < -0.3 is 9.64 Å². The van der Waals surface area contributed by atoms with Crippen molar-refractivity contribution >= 4 is 22.6 Å². The molecule has 32 heavy (non-hydrogen) atoms. The Bertz CT molecular complexity index is 1160. The molecule has 2 aromatic carbocycles. The third kappa shape index (κ3) is 4.32. The number of carbonyl (C=O) groups is 2. The van der Waals surface area contributed by atoms with E-state index in [0.29, 0.717) is 29.8 Å². The molecule has 6 nitrogen and oxygen atoms in total. The fourth-order valence-electron chi connectivity index (χ4n) is 4.03. The molecule has 0 bridgehead atoms. The highest BCUT2D eigenvalue weighted by atomic mass is 19.4. The second-order valence-corrected chi connectivity index (χ2v) is 7.59. The van der Waals surface area contributed by atoms with Crippen molar-refractivity contribution in [1.82, 2.24) is 14.7 Å². The molecule has 0 atom stereocenters. The first-order valence-electron chi connectivity index (χ1n) is 10.4. The Kier molecular flexibility index (Phi) is 5.90. The van der Waals surface area contributed by atoms with Gasteiger partial charge in [-0.15, -0.1) is 0 Å². The number of aryl methyl sites for hydroxylation is 1. The fraction of sp³-hybridized carbons (Fsp3) is 0.348. The van der Waals surface area contributed by atoms with Crippen LogP contribution in [0.5, 0.6) is 0 Å². The van der Waals surface area contributed by atoms with Gasteiger partial charge in [0.1, 0.15) is 0 Å². The summed E-state index contributed by atoms with van der Waals surface area (Å²) in [6.07, 6.45) is -5.09. The number of ether oxygens (including phenoxy) is 1. The van der Waals surface area contributed by atoms with Crippen LogP contribution in [0.2, 0.25) is 0 Å². The maximum Gasteiger partial charge on any atom is 0.390 e. The Morgan fingerprint density at radius 3 is 2.62 bits per heavy atom. The molecule has 0 radical (unpaired) electrons. The summed E-state index contributed by atoms with van der Waals surface area (Å²) in [5, 5.41) is 5.88. The van der Waals surface area contributed by atoms with Crippen LogP contribution >= 0.6 is 0 Å². The number of alkyl halides is 3. The Morgan fingerprint density at radius 1 is 1.12 bits per heavy atom. The molecular weight excluding hydrogens is 423 g/mol. The van der Waals surface area contributed by atoms with E-state index in [9.17, 15) is 22.8 Å². The second kappa shape index (κ2) is 8.64. The van der Waals surface area contributed by atoms with E-state index in [0.717, 1.165) is 10.8 Å². The number of hydrogen-bond acceptors (Lipinski definition) is 4. The van der Waals surface area contributed by atoms with Crippen LogP contribution in [0.15, 0.2) is 42.5 Å². The first kappa shape index (κ1) is 21.9. The van der Waals surface area contributed by atoms with Crippen LogP contribution < -0.4 is 0 Å². The number of esters is 1. The molecule has 0 N–H and O–H groups in total. The molecule has 0 fully saturated rings. The molecule has 1 aliphatic heterocycles. The standard InChI is InChI=1S/C23H22F3N3O3/c1-2-32-22(31)20-18-14-28(12-10-19(18)29(27-20)13-11-23(24,25)26)21(30)17-9-5-7-15-6-3-4-8-16(15)17/h3-9H,2,10-14H2,1H3. The van der Waals surface area contributed by atoms with E-state index in [2.05, 4.69) is 5.10 Å². The molecule has 0 saturated carbocycles. The zero-order chi connectivity index (χ0) is 22.9. The van der Waals surface area contributed by atoms with E-state index >= 15 is 0 Å². The Hall–Kier alpha value is -3.36. The summed E-state index contributed by atoms with van der Waals surface area (Å²) < 4.78 is 44.6. The van der Waals surface area contributed by atoms with E-state index in [1.54, 1.807) is 17.9 Å². The van der Waals surface area contributed by atoms with Gasteiger partial charge in [0.25, 0.3) is 5.91 Å². The summed E-state index contributed by atoms with van der Waals surface area (Å²) in [6.45, 7) is 1.76. The van der Waals surface area contributed by atoms with Crippen molar-refractivity contribution in [3.63, 3.8) is 0 Å². The van der Waals surface area contributed by atoms with Gasteiger partial charge in [-0.1, -0.05) is 36.4 Å². The zero-order valence-electron chi connectivity index (χ0n) is 17.5. The minimum Gasteiger partial charge on any atom is -0.461 e. The normalized spacial score (nSPS) is 13.8. The molecule has 1 amide bonds. The highest BCUT2D eigenvalue weighted by molar-refractivity contribution is 6.07. The third-order valence-corrected chi connectivity index (χ3v) is 5.52. The van der Waals surface area contributed by atoms with Gasteiger partial charge in [-0.25, -0.2) is 4.79 Å². The molecule has 3 aromatic rings. The van der Waals surface area contributed by atoms with Crippen molar-refractivity contribution in [2.24, 2.45) is 0 Å². The van der Waals surface area contributed by atoms with Crippen molar-refractivity contribution in [2.45, 2.75) is 39.0 Å². The summed E-state index contributed by atoms with van der Waals surface area (Å²) >= 11 is 0. The molecule has 4 rings (SSSR count). The van der Waals surface area contributed by atoms with E-state index < -0.39 is 18.6 Å². The van der Waals surface area contributed by atoms with Gasteiger partial charge in [0.2, 0.25) is 0 Å². The average molecular weight is 445 g/mol. The molecule has 0 saturated heterocycles. The van der Waals surface area contributed by atoms with Gasteiger partial charge in [-0.2, -0.15) is 18.3 Å². The van der Waals surface area contributed by atoms with Crippen molar-refractivity contribution in [3.05, 3.63) is 65.0 Å². The number of benzene rings is 2. The fourth-order valence-corrected chi connectivity index (χ4v) is 4.03. The van der Waals surface area contributed by atoms with Gasteiger partial charge in [0.15, 0.2) is 5.69 Å². The number of carbonyl (C=O) groups excluding carboxylic acids is 2. The number of hydrogen-bond donors (Lipinski definition) is 0.